The van der Waals surface area contributed by atoms with Gasteiger partial charge >= 0.3 is 0 Å². The Kier molecular flexibility index (Phi) is 4.81. The molecule has 0 radical (unpaired) electrons. The summed E-state index contributed by atoms with van der Waals surface area (Å²) in [6, 6.07) is 7.43. The summed E-state index contributed by atoms with van der Waals surface area (Å²) in [4.78, 5) is 24.7. The molecule has 0 aliphatic heterocycles. The summed E-state index contributed by atoms with van der Waals surface area (Å²) in [5.74, 6) is 0.966. The first-order valence-electron chi connectivity index (χ1n) is 6.85. The molecule has 21 heavy (non-hydrogen) atoms. The van der Waals surface area contributed by atoms with E-state index in [1.807, 2.05) is 32.0 Å². The van der Waals surface area contributed by atoms with Crippen LogP contribution in [0.3, 0.4) is 0 Å². The molecule has 0 fully saturated rings. The summed E-state index contributed by atoms with van der Waals surface area (Å²) in [6.07, 6.45) is 1.74. The second kappa shape index (κ2) is 6.78. The lowest BCUT2D eigenvalue weighted by atomic mass is 10.3. The molecule has 0 saturated carbocycles. The van der Waals surface area contributed by atoms with Gasteiger partial charge in [-0.15, -0.1) is 0 Å². The Morgan fingerprint density at radius 3 is 2.76 bits per heavy atom. The third-order valence-corrected chi connectivity index (χ3v) is 2.67. The Bertz CT molecular complexity index is 613. The maximum Gasteiger partial charge on any atom is 0.270 e. The van der Waals surface area contributed by atoms with Crippen molar-refractivity contribution < 1.29 is 4.79 Å². The molecular formula is C15H19N5O. The van der Waals surface area contributed by atoms with Crippen LogP contribution in [-0.4, -0.2) is 26.9 Å². The number of carbonyl (C=O) groups excluding carboxylic acids is 1. The molecule has 2 aromatic heterocycles. The largest absolute Gasteiger partial charge is 0.364 e. The van der Waals surface area contributed by atoms with Gasteiger partial charge in [0.2, 0.25) is 0 Å². The van der Waals surface area contributed by atoms with Gasteiger partial charge in [-0.3, -0.25) is 9.78 Å². The molecule has 2 heterocycles. The number of nitrogens with zero attached hydrogens (tertiary/aromatic N) is 3. The third-order valence-electron chi connectivity index (χ3n) is 2.67. The number of hydrogen-bond acceptors (Lipinski definition) is 5. The number of anilines is 1. The van der Waals surface area contributed by atoms with Crippen LogP contribution in [0, 0.1) is 6.92 Å². The number of amides is 1. The second-order valence-corrected chi connectivity index (χ2v) is 4.99. The molecule has 2 N–H and O–H groups in total. The Morgan fingerprint density at radius 1 is 1.29 bits per heavy atom. The lowest BCUT2D eigenvalue weighted by molar-refractivity contribution is 0.0937. The lowest BCUT2D eigenvalue weighted by Gasteiger charge is -2.10. The molecule has 0 aliphatic rings. The molecule has 110 valence electrons. The highest BCUT2D eigenvalue weighted by molar-refractivity contribution is 5.93. The molecule has 0 bridgehead atoms. The molecule has 0 spiro atoms. The maximum atomic E-state index is 12.0. The third kappa shape index (κ3) is 4.52. The zero-order valence-corrected chi connectivity index (χ0v) is 12.4. The fraction of sp³-hybridized carbons (Fsp3) is 0.333. The molecular weight excluding hydrogens is 266 g/mol. The quantitative estimate of drug-likeness (QED) is 0.877. The van der Waals surface area contributed by atoms with Gasteiger partial charge in [0.1, 0.15) is 17.3 Å². The minimum absolute atomic E-state index is 0.0673. The number of pyridine rings is 1. The highest BCUT2D eigenvalue weighted by Gasteiger charge is 2.11. The molecule has 6 heteroatoms. The van der Waals surface area contributed by atoms with Gasteiger partial charge in [0, 0.05) is 18.3 Å². The van der Waals surface area contributed by atoms with Gasteiger partial charge in [0.25, 0.3) is 5.91 Å². The van der Waals surface area contributed by atoms with Gasteiger partial charge in [-0.2, -0.15) is 0 Å². The predicted octanol–water partition coefficient (Wildman–Crippen LogP) is 1.93. The average molecular weight is 285 g/mol. The van der Waals surface area contributed by atoms with Crippen LogP contribution in [0.2, 0.25) is 0 Å². The molecule has 1 amide bonds. The highest BCUT2D eigenvalue weighted by atomic mass is 16.1. The van der Waals surface area contributed by atoms with E-state index in [9.17, 15) is 4.79 Å². The van der Waals surface area contributed by atoms with Gasteiger partial charge in [-0.1, -0.05) is 6.07 Å². The number of hydrogen-bond donors (Lipinski definition) is 2. The topological polar surface area (TPSA) is 79.8 Å². The fourth-order valence-electron chi connectivity index (χ4n) is 1.79. The van der Waals surface area contributed by atoms with Crippen molar-refractivity contribution in [3.63, 3.8) is 0 Å². The van der Waals surface area contributed by atoms with E-state index in [1.165, 1.54) is 0 Å². The zero-order chi connectivity index (χ0) is 15.2. The maximum absolute atomic E-state index is 12.0. The van der Waals surface area contributed by atoms with Crippen LogP contribution in [0.25, 0.3) is 0 Å². The van der Waals surface area contributed by atoms with Crippen molar-refractivity contribution in [3.8, 4) is 0 Å². The molecule has 2 rings (SSSR count). The molecule has 0 saturated heterocycles. The first-order valence-corrected chi connectivity index (χ1v) is 6.85. The number of aromatic nitrogens is 3. The van der Waals surface area contributed by atoms with Crippen molar-refractivity contribution >= 4 is 11.7 Å². The molecule has 0 aromatic carbocycles. The van der Waals surface area contributed by atoms with E-state index in [0.29, 0.717) is 23.9 Å². The Balaban J connectivity index is 2.10. The monoisotopic (exact) mass is 285 g/mol. The van der Waals surface area contributed by atoms with Gasteiger partial charge < -0.3 is 10.6 Å². The van der Waals surface area contributed by atoms with E-state index < -0.39 is 0 Å². The van der Waals surface area contributed by atoms with E-state index in [0.717, 1.165) is 5.69 Å². The summed E-state index contributed by atoms with van der Waals surface area (Å²) in [5.41, 5.74) is 1.27. The number of nitrogens with one attached hydrogen (secondary N) is 2. The van der Waals surface area contributed by atoms with Crippen LogP contribution in [0.5, 0.6) is 0 Å². The minimum atomic E-state index is -0.198. The minimum Gasteiger partial charge on any atom is -0.364 e. The van der Waals surface area contributed by atoms with Crippen LogP contribution in [0.15, 0.2) is 30.5 Å². The van der Waals surface area contributed by atoms with Crippen LogP contribution < -0.4 is 10.6 Å². The molecule has 6 nitrogen and oxygen atoms in total. The van der Waals surface area contributed by atoms with Crippen molar-refractivity contribution in [2.45, 2.75) is 33.4 Å². The zero-order valence-electron chi connectivity index (χ0n) is 12.4. The average Bonchev–Trinajstić information content (AvgIpc) is 2.45. The number of rotatable bonds is 5. The lowest BCUT2D eigenvalue weighted by Crippen LogP contribution is -2.31. The molecule has 2 aromatic rings. The van der Waals surface area contributed by atoms with Crippen molar-refractivity contribution in [2.24, 2.45) is 0 Å². The van der Waals surface area contributed by atoms with Crippen molar-refractivity contribution in [2.75, 3.05) is 5.32 Å². The Morgan fingerprint density at radius 2 is 2.10 bits per heavy atom. The molecule has 0 unspecified atom stereocenters. The van der Waals surface area contributed by atoms with Crippen molar-refractivity contribution in [1.29, 1.82) is 0 Å². The van der Waals surface area contributed by atoms with Crippen molar-refractivity contribution in [1.82, 2.24) is 20.3 Å². The summed E-state index contributed by atoms with van der Waals surface area (Å²) in [7, 11) is 0. The summed E-state index contributed by atoms with van der Waals surface area (Å²) < 4.78 is 0. The van der Waals surface area contributed by atoms with Gasteiger partial charge in [-0.05, 0) is 32.9 Å². The Labute approximate surface area is 124 Å². The Hall–Kier alpha value is -2.50. The number of carbonyl (C=O) groups is 1. The smallest absolute Gasteiger partial charge is 0.270 e. The van der Waals surface area contributed by atoms with E-state index in [-0.39, 0.29) is 11.9 Å². The van der Waals surface area contributed by atoms with Crippen molar-refractivity contribution in [3.05, 3.63) is 47.7 Å². The van der Waals surface area contributed by atoms with E-state index in [2.05, 4.69) is 25.6 Å². The van der Waals surface area contributed by atoms with Gasteiger partial charge in [0.15, 0.2) is 0 Å². The van der Waals surface area contributed by atoms with Gasteiger partial charge in [-0.25, -0.2) is 9.97 Å². The standard InChI is InChI=1S/C15H19N5O/c1-10(2)18-15(21)13-8-14(20-11(3)19-13)17-9-12-6-4-5-7-16-12/h4-8,10H,9H2,1-3H3,(H,18,21)(H,17,19,20). The number of aryl methyl sites for hydroxylation is 1. The van der Waals surface area contributed by atoms with Crippen LogP contribution >= 0.6 is 0 Å². The normalized spacial score (nSPS) is 10.5. The first kappa shape index (κ1) is 14.9. The highest BCUT2D eigenvalue weighted by Crippen LogP contribution is 2.08. The first-order chi connectivity index (χ1) is 10.0. The van der Waals surface area contributed by atoms with E-state index >= 15 is 0 Å². The summed E-state index contributed by atoms with van der Waals surface area (Å²) in [6.45, 7) is 6.12. The second-order valence-electron chi connectivity index (χ2n) is 4.99. The fourth-order valence-corrected chi connectivity index (χ4v) is 1.79. The predicted molar refractivity (Wildman–Crippen MR) is 80.9 cm³/mol. The van der Waals surface area contributed by atoms with Crippen LogP contribution in [-0.2, 0) is 6.54 Å². The molecule has 0 atom stereocenters. The SMILES string of the molecule is Cc1nc(NCc2ccccn2)cc(C(=O)NC(C)C)n1. The van der Waals surface area contributed by atoms with E-state index in [4.69, 9.17) is 0 Å². The molecule has 0 aliphatic carbocycles. The summed E-state index contributed by atoms with van der Waals surface area (Å²) in [5, 5.41) is 5.97. The summed E-state index contributed by atoms with van der Waals surface area (Å²) >= 11 is 0. The van der Waals surface area contributed by atoms with Gasteiger partial charge in [0.05, 0.1) is 12.2 Å². The van der Waals surface area contributed by atoms with Crippen LogP contribution in [0.1, 0.15) is 35.9 Å². The van der Waals surface area contributed by atoms with Crippen LogP contribution in [0.4, 0.5) is 5.82 Å². The van der Waals surface area contributed by atoms with E-state index in [1.54, 1.807) is 19.2 Å².